The van der Waals surface area contributed by atoms with Crippen LogP contribution in [0.2, 0.25) is 0 Å². The number of carbonyl (C=O) groups excluding carboxylic acids is 1. The Hall–Kier alpha value is -1.00. The monoisotopic (exact) mass is 267 g/mol. The zero-order valence-corrected chi connectivity index (χ0v) is 11.8. The number of benzene rings is 1. The Kier molecular flexibility index (Phi) is 6.83. The summed E-state index contributed by atoms with van der Waals surface area (Å²) in [6.07, 6.45) is 1.97. The predicted molar refractivity (Wildman–Crippen MR) is 75.6 cm³/mol. The van der Waals surface area contributed by atoms with Crippen LogP contribution in [0.1, 0.15) is 38.3 Å². The van der Waals surface area contributed by atoms with E-state index in [0.29, 0.717) is 12.4 Å². The fraction of sp³-hybridized carbons (Fsp3) is 0.500. The SMILES string of the molecule is CCCCOC(=O)CSc1ccc(C(C)N)cc1. The Morgan fingerprint density at radius 3 is 2.61 bits per heavy atom. The van der Waals surface area contributed by atoms with Crippen LogP contribution in [0, 0.1) is 0 Å². The summed E-state index contributed by atoms with van der Waals surface area (Å²) < 4.78 is 5.09. The van der Waals surface area contributed by atoms with Crippen LogP contribution in [-0.2, 0) is 9.53 Å². The lowest BCUT2D eigenvalue weighted by Gasteiger charge is -2.07. The summed E-state index contributed by atoms with van der Waals surface area (Å²) >= 11 is 1.49. The molecule has 1 aromatic rings. The quantitative estimate of drug-likeness (QED) is 0.468. The van der Waals surface area contributed by atoms with Gasteiger partial charge in [-0.25, -0.2) is 0 Å². The lowest BCUT2D eigenvalue weighted by Crippen LogP contribution is -2.08. The Bertz CT molecular complexity index is 363. The van der Waals surface area contributed by atoms with E-state index in [1.54, 1.807) is 0 Å². The van der Waals surface area contributed by atoms with Gasteiger partial charge in [-0.2, -0.15) is 0 Å². The molecule has 0 saturated heterocycles. The minimum absolute atomic E-state index is 0.0445. The van der Waals surface area contributed by atoms with Crippen molar-refractivity contribution in [2.24, 2.45) is 5.73 Å². The first-order chi connectivity index (χ1) is 8.63. The van der Waals surface area contributed by atoms with Gasteiger partial charge in [-0.05, 0) is 31.0 Å². The summed E-state index contributed by atoms with van der Waals surface area (Å²) in [7, 11) is 0. The molecule has 0 radical (unpaired) electrons. The van der Waals surface area contributed by atoms with Crippen LogP contribution in [0.15, 0.2) is 29.2 Å². The number of thioether (sulfide) groups is 1. The number of nitrogens with two attached hydrogens (primary N) is 1. The van der Waals surface area contributed by atoms with Crippen LogP contribution in [0.5, 0.6) is 0 Å². The third-order valence-electron chi connectivity index (χ3n) is 2.52. The number of ether oxygens (including phenoxy) is 1. The topological polar surface area (TPSA) is 52.3 Å². The molecule has 0 aromatic heterocycles. The standard InChI is InChI=1S/C14H21NO2S/c1-3-4-9-17-14(16)10-18-13-7-5-12(6-8-13)11(2)15/h5-8,11H,3-4,9-10,15H2,1-2H3. The highest BCUT2D eigenvalue weighted by atomic mass is 32.2. The summed E-state index contributed by atoms with van der Waals surface area (Å²) in [5.74, 6) is 0.214. The second-order valence-electron chi connectivity index (χ2n) is 4.22. The number of esters is 1. The number of hydrogen-bond donors (Lipinski definition) is 1. The molecule has 0 aliphatic rings. The van der Waals surface area contributed by atoms with E-state index >= 15 is 0 Å². The molecule has 1 unspecified atom stereocenters. The van der Waals surface area contributed by atoms with Gasteiger partial charge in [0.2, 0.25) is 0 Å². The van der Waals surface area contributed by atoms with Crippen LogP contribution >= 0.6 is 11.8 Å². The van der Waals surface area contributed by atoms with E-state index in [4.69, 9.17) is 10.5 Å². The second kappa shape index (κ2) is 8.16. The maximum atomic E-state index is 11.4. The first-order valence-corrected chi connectivity index (χ1v) is 7.26. The highest BCUT2D eigenvalue weighted by molar-refractivity contribution is 8.00. The van der Waals surface area contributed by atoms with Gasteiger partial charge in [0.25, 0.3) is 0 Å². The molecule has 4 heteroatoms. The normalized spacial score (nSPS) is 12.2. The van der Waals surface area contributed by atoms with E-state index in [0.717, 1.165) is 23.3 Å². The van der Waals surface area contributed by atoms with Crippen molar-refractivity contribution in [1.29, 1.82) is 0 Å². The fourth-order valence-corrected chi connectivity index (χ4v) is 2.08. The molecule has 1 rings (SSSR count). The molecule has 0 bridgehead atoms. The van der Waals surface area contributed by atoms with Crippen molar-refractivity contribution >= 4 is 17.7 Å². The fourth-order valence-electron chi connectivity index (χ4n) is 1.38. The van der Waals surface area contributed by atoms with Gasteiger partial charge in [0, 0.05) is 10.9 Å². The molecular weight excluding hydrogens is 246 g/mol. The van der Waals surface area contributed by atoms with Crippen molar-refractivity contribution in [1.82, 2.24) is 0 Å². The molecule has 1 atom stereocenters. The number of unbranched alkanes of at least 4 members (excludes halogenated alkanes) is 1. The summed E-state index contributed by atoms with van der Waals surface area (Å²) in [5.41, 5.74) is 6.87. The van der Waals surface area contributed by atoms with Crippen molar-refractivity contribution in [3.63, 3.8) is 0 Å². The predicted octanol–water partition coefficient (Wildman–Crippen LogP) is 3.14. The Balaban J connectivity index is 2.32. The smallest absolute Gasteiger partial charge is 0.316 e. The van der Waals surface area contributed by atoms with Crippen molar-refractivity contribution in [2.45, 2.75) is 37.6 Å². The van der Waals surface area contributed by atoms with Gasteiger partial charge in [-0.1, -0.05) is 25.5 Å². The van der Waals surface area contributed by atoms with Gasteiger partial charge < -0.3 is 10.5 Å². The van der Waals surface area contributed by atoms with Crippen molar-refractivity contribution < 1.29 is 9.53 Å². The highest BCUT2D eigenvalue weighted by Gasteiger charge is 2.04. The minimum atomic E-state index is -0.148. The van der Waals surface area contributed by atoms with Gasteiger partial charge in [0.15, 0.2) is 0 Å². The molecule has 0 spiro atoms. The molecule has 0 saturated carbocycles. The summed E-state index contributed by atoms with van der Waals surface area (Å²) in [5, 5.41) is 0. The van der Waals surface area contributed by atoms with Crippen molar-refractivity contribution in [3.05, 3.63) is 29.8 Å². The minimum Gasteiger partial charge on any atom is -0.465 e. The highest BCUT2D eigenvalue weighted by Crippen LogP contribution is 2.20. The molecule has 1 aromatic carbocycles. The largest absolute Gasteiger partial charge is 0.465 e. The molecule has 2 N–H and O–H groups in total. The molecule has 0 amide bonds. The lowest BCUT2D eigenvalue weighted by molar-refractivity contribution is -0.140. The van der Waals surface area contributed by atoms with E-state index in [2.05, 4.69) is 6.92 Å². The van der Waals surface area contributed by atoms with Crippen LogP contribution in [-0.4, -0.2) is 18.3 Å². The number of carbonyl (C=O) groups is 1. The Morgan fingerprint density at radius 2 is 2.06 bits per heavy atom. The Morgan fingerprint density at radius 1 is 1.39 bits per heavy atom. The van der Waals surface area contributed by atoms with Crippen LogP contribution in [0.25, 0.3) is 0 Å². The molecule has 0 fully saturated rings. The van der Waals surface area contributed by atoms with Gasteiger partial charge in [0.1, 0.15) is 0 Å². The molecule has 3 nitrogen and oxygen atoms in total. The van der Waals surface area contributed by atoms with Crippen LogP contribution in [0.4, 0.5) is 0 Å². The van der Waals surface area contributed by atoms with Crippen molar-refractivity contribution in [3.8, 4) is 0 Å². The molecule has 0 aliphatic carbocycles. The summed E-state index contributed by atoms with van der Waals surface area (Å²) in [6, 6.07) is 8.01. The van der Waals surface area contributed by atoms with E-state index in [9.17, 15) is 4.79 Å². The second-order valence-corrected chi connectivity index (χ2v) is 5.27. The van der Waals surface area contributed by atoms with E-state index in [1.807, 2.05) is 31.2 Å². The first-order valence-electron chi connectivity index (χ1n) is 6.27. The average Bonchev–Trinajstić information content (AvgIpc) is 2.37. The summed E-state index contributed by atoms with van der Waals surface area (Å²) in [4.78, 5) is 12.5. The summed E-state index contributed by atoms with van der Waals surface area (Å²) in [6.45, 7) is 4.55. The van der Waals surface area contributed by atoms with Gasteiger partial charge in [-0.3, -0.25) is 4.79 Å². The lowest BCUT2D eigenvalue weighted by atomic mass is 10.1. The zero-order chi connectivity index (χ0) is 13.4. The molecule has 100 valence electrons. The van der Waals surface area contributed by atoms with Gasteiger partial charge in [0.05, 0.1) is 12.4 Å². The van der Waals surface area contributed by atoms with E-state index in [1.165, 1.54) is 11.8 Å². The van der Waals surface area contributed by atoms with Crippen LogP contribution in [0.3, 0.4) is 0 Å². The number of hydrogen-bond acceptors (Lipinski definition) is 4. The molecule has 0 aliphatic heterocycles. The maximum absolute atomic E-state index is 11.4. The van der Waals surface area contributed by atoms with Gasteiger partial charge in [-0.15, -0.1) is 11.8 Å². The van der Waals surface area contributed by atoms with Gasteiger partial charge >= 0.3 is 5.97 Å². The third kappa shape index (κ3) is 5.56. The van der Waals surface area contributed by atoms with E-state index < -0.39 is 0 Å². The zero-order valence-electron chi connectivity index (χ0n) is 11.0. The van der Waals surface area contributed by atoms with Crippen molar-refractivity contribution in [2.75, 3.05) is 12.4 Å². The number of rotatable bonds is 7. The third-order valence-corrected chi connectivity index (χ3v) is 3.51. The molecular formula is C14H21NO2S. The van der Waals surface area contributed by atoms with E-state index in [-0.39, 0.29) is 12.0 Å². The van der Waals surface area contributed by atoms with Crippen LogP contribution < -0.4 is 5.73 Å². The first kappa shape index (κ1) is 15.1. The Labute approximate surface area is 113 Å². The maximum Gasteiger partial charge on any atom is 0.316 e. The average molecular weight is 267 g/mol. The molecule has 0 heterocycles. The molecule has 18 heavy (non-hydrogen) atoms.